The highest BCUT2D eigenvalue weighted by molar-refractivity contribution is 6.32. The fraction of sp³-hybridized carbons (Fsp3) is 0. The van der Waals surface area contributed by atoms with Gasteiger partial charge in [-0.2, -0.15) is 0 Å². The zero-order chi connectivity index (χ0) is 15.5. The van der Waals surface area contributed by atoms with Gasteiger partial charge >= 0.3 is 5.63 Å². The molecule has 108 valence electrons. The molecular weight excluding hydrogens is 300 g/mol. The molecule has 0 atom stereocenters. The van der Waals surface area contributed by atoms with Crippen LogP contribution in [0, 0.1) is 0 Å². The number of carbonyl (C=O) groups excluding carboxylic acids is 1. The number of carbonyl (C=O) groups is 1. The first-order valence-corrected chi connectivity index (χ1v) is 7.03. The third-order valence-corrected chi connectivity index (χ3v) is 3.57. The van der Waals surface area contributed by atoms with Gasteiger partial charge in [0.1, 0.15) is 11.1 Å². The van der Waals surface area contributed by atoms with Crippen molar-refractivity contribution in [1.82, 2.24) is 0 Å². The number of ketones is 1. The molecule has 0 spiro atoms. The lowest BCUT2D eigenvalue weighted by molar-refractivity contribution is 0.104. The summed E-state index contributed by atoms with van der Waals surface area (Å²) in [5.74, 6) is -0.417. The van der Waals surface area contributed by atoms with E-state index in [2.05, 4.69) is 0 Å². The van der Waals surface area contributed by atoms with Gasteiger partial charge in [-0.15, -0.1) is 0 Å². The highest BCUT2D eigenvalue weighted by Gasteiger charge is 2.11. The topological polar surface area (TPSA) is 47.3 Å². The summed E-state index contributed by atoms with van der Waals surface area (Å²) < 4.78 is 5.15. The molecule has 0 unspecified atom stereocenters. The van der Waals surface area contributed by atoms with Crippen molar-refractivity contribution in [3.05, 3.63) is 87.2 Å². The molecule has 0 amide bonds. The quantitative estimate of drug-likeness (QED) is 0.410. The summed E-state index contributed by atoms with van der Waals surface area (Å²) in [7, 11) is 0. The van der Waals surface area contributed by atoms with E-state index in [-0.39, 0.29) is 5.56 Å². The average molecular weight is 311 g/mol. The van der Waals surface area contributed by atoms with E-state index >= 15 is 0 Å². The predicted octanol–water partition coefficient (Wildman–Crippen LogP) is 4.34. The number of halogens is 1. The maximum Gasteiger partial charge on any atom is 0.347 e. The molecule has 3 aromatic rings. The summed E-state index contributed by atoms with van der Waals surface area (Å²) in [5.41, 5.74) is 0.524. The van der Waals surface area contributed by atoms with Crippen molar-refractivity contribution in [3.8, 4) is 0 Å². The lowest BCUT2D eigenvalue weighted by Gasteiger charge is -1.99. The van der Waals surface area contributed by atoms with Gasteiger partial charge in [0, 0.05) is 10.4 Å². The highest BCUT2D eigenvalue weighted by Crippen LogP contribution is 2.17. The molecular formula is C18H11ClO3. The lowest BCUT2D eigenvalue weighted by Crippen LogP contribution is -2.11. The number of hydrogen-bond donors (Lipinski definition) is 0. The highest BCUT2D eigenvalue weighted by atomic mass is 35.5. The van der Waals surface area contributed by atoms with Crippen molar-refractivity contribution in [2.45, 2.75) is 0 Å². The Balaban J connectivity index is 1.97. The Hall–Kier alpha value is -2.65. The zero-order valence-electron chi connectivity index (χ0n) is 11.5. The summed E-state index contributed by atoms with van der Waals surface area (Å²) >= 11 is 6.02. The fourth-order valence-electron chi connectivity index (χ4n) is 2.10. The minimum absolute atomic E-state index is 0.00186. The number of hydrogen-bond acceptors (Lipinski definition) is 3. The van der Waals surface area contributed by atoms with Crippen molar-refractivity contribution >= 4 is 34.4 Å². The summed E-state index contributed by atoms with van der Waals surface area (Å²) in [5, 5.41) is 1.24. The van der Waals surface area contributed by atoms with E-state index in [0.717, 1.165) is 0 Å². The Morgan fingerprint density at radius 2 is 1.77 bits per heavy atom. The van der Waals surface area contributed by atoms with Gasteiger partial charge in [0.25, 0.3) is 0 Å². The van der Waals surface area contributed by atoms with E-state index in [4.69, 9.17) is 16.0 Å². The van der Waals surface area contributed by atoms with E-state index in [0.29, 0.717) is 21.6 Å². The predicted molar refractivity (Wildman–Crippen MR) is 87.3 cm³/mol. The largest absolute Gasteiger partial charge is 0.422 e. The van der Waals surface area contributed by atoms with Crippen LogP contribution in [0.15, 0.2) is 69.9 Å². The zero-order valence-corrected chi connectivity index (χ0v) is 12.2. The van der Waals surface area contributed by atoms with E-state index in [1.165, 1.54) is 6.08 Å². The first-order chi connectivity index (χ1) is 10.6. The summed E-state index contributed by atoms with van der Waals surface area (Å²) in [6, 6.07) is 15.7. The van der Waals surface area contributed by atoms with Gasteiger partial charge < -0.3 is 4.42 Å². The minimum Gasteiger partial charge on any atom is -0.422 e. The van der Waals surface area contributed by atoms with Gasteiger partial charge in [-0.1, -0.05) is 48.0 Å². The molecule has 3 rings (SSSR count). The van der Waals surface area contributed by atoms with Crippen molar-refractivity contribution in [2.24, 2.45) is 0 Å². The Kier molecular flexibility index (Phi) is 3.90. The molecule has 0 bridgehead atoms. The third-order valence-electron chi connectivity index (χ3n) is 3.23. The standard InChI is InChI=1S/C18H11ClO3/c19-15-7-3-1-5-12(15)9-10-16(20)14-11-13-6-2-4-8-17(13)22-18(14)21/h1-11H. The Bertz CT molecular complexity index is 938. The van der Waals surface area contributed by atoms with E-state index in [1.807, 2.05) is 12.1 Å². The van der Waals surface area contributed by atoms with Crippen molar-refractivity contribution in [2.75, 3.05) is 0 Å². The van der Waals surface area contributed by atoms with Crippen LogP contribution in [-0.4, -0.2) is 5.78 Å². The van der Waals surface area contributed by atoms with Crippen LogP contribution in [0.1, 0.15) is 15.9 Å². The molecule has 22 heavy (non-hydrogen) atoms. The number of benzene rings is 2. The fourth-order valence-corrected chi connectivity index (χ4v) is 2.30. The van der Waals surface area contributed by atoms with Crippen molar-refractivity contribution in [3.63, 3.8) is 0 Å². The smallest absolute Gasteiger partial charge is 0.347 e. The van der Waals surface area contributed by atoms with Gasteiger partial charge in [-0.05, 0) is 35.9 Å². The Morgan fingerprint density at radius 3 is 2.59 bits per heavy atom. The number of para-hydroxylation sites is 1. The number of rotatable bonds is 3. The maximum atomic E-state index is 12.2. The Morgan fingerprint density at radius 1 is 1.05 bits per heavy atom. The molecule has 0 aliphatic rings. The van der Waals surface area contributed by atoms with Gasteiger partial charge in [0.05, 0.1) is 0 Å². The van der Waals surface area contributed by atoms with Gasteiger partial charge in [-0.3, -0.25) is 4.79 Å². The van der Waals surface area contributed by atoms with Gasteiger partial charge in [-0.25, -0.2) is 4.79 Å². The molecule has 0 aliphatic carbocycles. The normalized spacial score (nSPS) is 11.1. The van der Waals surface area contributed by atoms with Crippen LogP contribution < -0.4 is 5.63 Å². The first-order valence-electron chi connectivity index (χ1n) is 6.65. The molecule has 0 fully saturated rings. The second-order valence-electron chi connectivity index (χ2n) is 4.70. The molecule has 0 N–H and O–H groups in total. The van der Waals surface area contributed by atoms with Crippen LogP contribution >= 0.6 is 11.6 Å². The van der Waals surface area contributed by atoms with Crippen LogP contribution in [0.2, 0.25) is 5.02 Å². The molecule has 1 aromatic heterocycles. The van der Waals surface area contributed by atoms with Gasteiger partial charge in [0.2, 0.25) is 0 Å². The van der Waals surface area contributed by atoms with Crippen LogP contribution in [0.4, 0.5) is 0 Å². The molecule has 0 saturated carbocycles. The van der Waals surface area contributed by atoms with Crippen molar-refractivity contribution < 1.29 is 9.21 Å². The molecule has 0 saturated heterocycles. The van der Waals surface area contributed by atoms with E-state index in [9.17, 15) is 9.59 Å². The number of fused-ring (bicyclic) bond motifs is 1. The van der Waals surface area contributed by atoms with Gasteiger partial charge in [0.15, 0.2) is 5.78 Å². The molecule has 0 radical (unpaired) electrons. The average Bonchev–Trinajstić information content (AvgIpc) is 2.53. The van der Waals surface area contributed by atoms with Crippen LogP contribution in [-0.2, 0) is 0 Å². The summed E-state index contributed by atoms with van der Waals surface area (Å²) in [6.45, 7) is 0. The maximum absolute atomic E-state index is 12.2. The molecule has 3 nitrogen and oxygen atoms in total. The summed E-state index contributed by atoms with van der Waals surface area (Å²) in [6.07, 6.45) is 2.90. The van der Waals surface area contributed by atoms with E-state index < -0.39 is 11.4 Å². The van der Waals surface area contributed by atoms with Crippen LogP contribution in [0.25, 0.3) is 17.0 Å². The summed E-state index contributed by atoms with van der Waals surface area (Å²) in [4.78, 5) is 24.1. The third kappa shape index (κ3) is 2.85. The molecule has 4 heteroatoms. The number of allylic oxidation sites excluding steroid dienone is 1. The first kappa shape index (κ1) is 14.3. The second kappa shape index (κ2) is 6.00. The SMILES string of the molecule is O=C(C=Cc1ccccc1Cl)c1cc2ccccc2oc1=O. The molecule has 1 heterocycles. The van der Waals surface area contributed by atoms with Crippen molar-refractivity contribution in [1.29, 1.82) is 0 Å². The Labute approximate surface area is 131 Å². The minimum atomic E-state index is -0.646. The lowest BCUT2D eigenvalue weighted by atomic mass is 10.1. The van der Waals surface area contributed by atoms with E-state index in [1.54, 1.807) is 48.5 Å². The molecule has 0 aliphatic heterocycles. The monoisotopic (exact) mass is 310 g/mol. The van der Waals surface area contributed by atoms with Crippen LogP contribution in [0.3, 0.4) is 0 Å². The van der Waals surface area contributed by atoms with Crippen LogP contribution in [0.5, 0.6) is 0 Å². The second-order valence-corrected chi connectivity index (χ2v) is 5.11. The molecule has 2 aromatic carbocycles.